The third-order valence-corrected chi connectivity index (χ3v) is 5.28. The number of amides is 1. The maximum Gasteiger partial charge on any atom is 0.264 e. The van der Waals surface area contributed by atoms with E-state index in [0.717, 1.165) is 0 Å². The lowest BCUT2D eigenvalue weighted by Gasteiger charge is -2.09. The summed E-state index contributed by atoms with van der Waals surface area (Å²) in [5.74, 6) is 1.29. The van der Waals surface area contributed by atoms with Crippen molar-refractivity contribution < 1.29 is 19.0 Å². The van der Waals surface area contributed by atoms with Crippen LogP contribution in [0.15, 0.2) is 40.2 Å². The summed E-state index contributed by atoms with van der Waals surface area (Å²) in [5, 5.41) is 4.08. The van der Waals surface area contributed by atoms with E-state index in [0.29, 0.717) is 48.6 Å². The zero-order valence-electron chi connectivity index (χ0n) is 15.2. The van der Waals surface area contributed by atoms with Gasteiger partial charge in [-0.1, -0.05) is 23.2 Å². The van der Waals surface area contributed by atoms with E-state index in [9.17, 15) is 4.79 Å². The summed E-state index contributed by atoms with van der Waals surface area (Å²) in [6, 6.07) is 8.42. The van der Waals surface area contributed by atoms with Gasteiger partial charge in [0.1, 0.15) is 11.4 Å². The van der Waals surface area contributed by atoms with Gasteiger partial charge in [-0.05, 0) is 47.7 Å². The monoisotopic (exact) mass is 438 g/mol. The Hall–Kier alpha value is -2.35. The van der Waals surface area contributed by atoms with Crippen LogP contribution in [0.5, 0.6) is 17.2 Å². The first-order chi connectivity index (χ1) is 13.4. The van der Waals surface area contributed by atoms with Gasteiger partial charge in [0.15, 0.2) is 16.7 Å². The second-order valence-electron chi connectivity index (χ2n) is 5.53. The second-order valence-corrected chi connectivity index (χ2v) is 7.40. The van der Waals surface area contributed by atoms with Gasteiger partial charge in [0.25, 0.3) is 5.91 Å². The quantitative estimate of drug-likeness (QED) is 0.671. The Morgan fingerprint density at radius 1 is 1.00 bits per heavy atom. The van der Waals surface area contributed by atoms with Crippen molar-refractivity contribution in [1.82, 2.24) is 5.32 Å². The fraction of sp³-hybridized carbons (Fsp3) is 0.158. The summed E-state index contributed by atoms with van der Waals surface area (Å²) in [6.45, 7) is 0. The molecular weight excluding hydrogens is 423 g/mol. The number of aliphatic imine (C=N–C) groups is 1. The fourth-order valence-corrected chi connectivity index (χ4v) is 3.66. The molecule has 0 spiro atoms. The SMILES string of the molecule is COc1ccc(Cl)cc1N=C1NC(=O)/C(=C/c2cc(OC)c(OC)cc2Cl)S1. The summed E-state index contributed by atoms with van der Waals surface area (Å²) in [7, 11) is 4.60. The highest BCUT2D eigenvalue weighted by Gasteiger charge is 2.25. The number of nitrogens with zero attached hydrogens (tertiary/aromatic N) is 1. The number of hydrogen-bond donors (Lipinski definition) is 1. The molecule has 1 saturated heterocycles. The molecule has 1 fully saturated rings. The van der Waals surface area contributed by atoms with Gasteiger partial charge in [0, 0.05) is 11.1 Å². The van der Waals surface area contributed by atoms with Crippen LogP contribution in [0.1, 0.15) is 5.56 Å². The minimum atomic E-state index is -0.282. The molecule has 0 aromatic heterocycles. The largest absolute Gasteiger partial charge is 0.494 e. The van der Waals surface area contributed by atoms with Crippen LogP contribution >= 0.6 is 35.0 Å². The molecular formula is C19H16Cl2N2O4S. The van der Waals surface area contributed by atoms with E-state index in [1.807, 2.05) is 0 Å². The number of thioether (sulfide) groups is 1. The van der Waals surface area contributed by atoms with Crippen molar-refractivity contribution in [3.05, 3.63) is 50.8 Å². The Morgan fingerprint density at radius 2 is 1.68 bits per heavy atom. The molecule has 0 atom stereocenters. The van der Waals surface area contributed by atoms with E-state index in [1.54, 1.807) is 36.4 Å². The number of carbonyl (C=O) groups excluding carboxylic acids is 1. The molecule has 1 N–H and O–H groups in total. The molecule has 2 aromatic rings. The molecule has 6 nitrogen and oxygen atoms in total. The molecule has 0 aliphatic carbocycles. The molecule has 2 aromatic carbocycles. The number of carbonyl (C=O) groups is 1. The van der Waals surface area contributed by atoms with Crippen molar-refractivity contribution in [2.75, 3.05) is 21.3 Å². The van der Waals surface area contributed by atoms with Crippen LogP contribution < -0.4 is 19.5 Å². The molecule has 0 radical (unpaired) electrons. The van der Waals surface area contributed by atoms with E-state index in [4.69, 9.17) is 37.4 Å². The number of halogens is 2. The van der Waals surface area contributed by atoms with Gasteiger partial charge >= 0.3 is 0 Å². The summed E-state index contributed by atoms with van der Waals surface area (Å²) in [6.07, 6.45) is 1.67. The van der Waals surface area contributed by atoms with Crippen molar-refractivity contribution in [3.63, 3.8) is 0 Å². The third-order valence-electron chi connectivity index (χ3n) is 3.80. The van der Waals surface area contributed by atoms with E-state index in [2.05, 4.69) is 10.3 Å². The number of hydrogen-bond acceptors (Lipinski definition) is 6. The lowest BCUT2D eigenvalue weighted by Crippen LogP contribution is -2.19. The van der Waals surface area contributed by atoms with Crippen LogP contribution in [0.3, 0.4) is 0 Å². The van der Waals surface area contributed by atoms with Gasteiger partial charge in [0.05, 0.1) is 31.3 Å². The third kappa shape index (κ3) is 4.38. The van der Waals surface area contributed by atoms with Crippen LogP contribution in [0, 0.1) is 0 Å². The van der Waals surface area contributed by atoms with Crippen molar-refractivity contribution >= 4 is 57.8 Å². The first kappa shape index (κ1) is 20.4. The van der Waals surface area contributed by atoms with Gasteiger partial charge in [-0.2, -0.15) is 0 Å². The van der Waals surface area contributed by atoms with Gasteiger partial charge in [0.2, 0.25) is 0 Å². The normalized spacial score (nSPS) is 16.4. The van der Waals surface area contributed by atoms with Gasteiger partial charge in [-0.15, -0.1) is 0 Å². The number of methoxy groups -OCH3 is 3. The van der Waals surface area contributed by atoms with Gasteiger partial charge in [-0.3, -0.25) is 4.79 Å². The Morgan fingerprint density at radius 3 is 2.36 bits per heavy atom. The molecule has 0 bridgehead atoms. The summed E-state index contributed by atoms with van der Waals surface area (Å²) < 4.78 is 15.8. The molecule has 1 aliphatic rings. The van der Waals surface area contributed by atoms with E-state index >= 15 is 0 Å². The van der Waals surface area contributed by atoms with Gasteiger partial charge in [-0.25, -0.2) is 4.99 Å². The van der Waals surface area contributed by atoms with Crippen molar-refractivity contribution in [2.24, 2.45) is 4.99 Å². The lowest BCUT2D eigenvalue weighted by atomic mass is 10.2. The standard InChI is InChI=1S/C19H16Cl2N2O4S/c1-25-14-5-4-11(20)8-13(14)22-19-23-18(24)17(28-19)7-10-6-15(26-2)16(27-3)9-12(10)21/h4-9H,1-3H3,(H,22,23,24)/b17-7-. The maximum absolute atomic E-state index is 12.4. The number of rotatable bonds is 5. The fourth-order valence-electron chi connectivity index (χ4n) is 2.46. The minimum Gasteiger partial charge on any atom is -0.494 e. The number of ether oxygens (including phenoxy) is 3. The Labute approximate surface area is 176 Å². The highest BCUT2D eigenvalue weighted by atomic mass is 35.5. The number of amidine groups is 1. The van der Waals surface area contributed by atoms with Crippen LogP contribution in [-0.4, -0.2) is 32.4 Å². The van der Waals surface area contributed by atoms with Crippen molar-refractivity contribution in [2.45, 2.75) is 0 Å². The molecule has 3 rings (SSSR count). The predicted octanol–water partition coefficient (Wildman–Crippen LogP) is 4.91. The zero-order valence-corrected chi connectivity index (χ0v) is 17.5. The molecule has 9 heteroatoms. The van der Waals surface area contributed by atoms with Gasteiger partial charge < -0.3 is 19.5 Å². The minimum absolute atomic E-state index is 0.282. The van der Waals surface area contributed by atoms with Crippen molar-refractivity contribution in [3.8, 4) is 17.2 Å². The second kappa shape index (κ2) is 8.77. The lowest BCUT2D eigenvalue weighted by molar-refractivity contribution is -0.115. The molecule has 0 saturated carbocycles. The van der Waals surface area contributed by atoms with Crippen LogP contribution in [-0.2, 0) is 4.79 Å². The first-order valence-electron chi connectivity index (χ1n) is 7.99. The summed E-state index contributed by atoms with van der Waals surface area (Å²) >= 11 is 13.5. The van der Waals surface area contributed by atoms with E-state index in [-0.39, 0.29) is 5.91 Å². The maximum atomic E-state index is 12.4. The first-order valence-corrected chi connectivity index (χ1v) is 9.57. The molecule has 146 valence electrons. The van der Waals surface area contributed by atoms with Crippen molar-refractivity contribution in [1.29, 1.82) is 0 Å². The summed E-state index contributed by atoms with van der Waals surface area (Å²) in [4.78, 5) is 17.2. The van der Waals surface area contributed by atoms with E-state index in [1.165, 1.54) is 33.1 Å². The molecule has 1 amide bonds. The molecule has 1 heterocycles. The van der Waals surface area contributed by atoms with E-state index < -0.39 is 0 Å². The van der Waals surface area contributed by atoms with Crippen LogP contribution in [0.25, 0.3) is 6.08 Å². The Balaban J connectivity index is 1.92. The highest BCUT2D eigenvalue weighted by molar-refractivity contribution is 8.18. The number of benzene rings is 2. The average Bonchev–Trinajstić information content (AvgIpc) is 3.02. The predicted molar refractivity (Wildman–Crippen MR) is 113 cm³/mol. The van der Waals surface area contributed by atoms with Crippen LogP contribution in [0.4, 0.5) is 5.69 Å². The zero-order chi connectivity index (χ0) is 20.3. The number of nitrogens with one attached hydrogen (secondary N) is 1. The smallest absolute Gasteiger partial charge is 0.264 e. The molecule has 0 unspecified atom stereocenters. The Bertz CT molecular complexity index is 992. The van der Waals surface area contributed by atoms with Crippen LogP contribution in [0.2, 0.25) is 10.0 Å². The molecule has 28 heavy (non-hydrogen) atoms. The topological polar surface area (TPSA) is 69.2 Å². The molecule has 1 aliphatic heterocycles. The summed E-state index contributed by atoms with van der Waals surface area (Å²) in [5.41, 5.74) is 1.14. The average molecular weight is 439 g/mol. The highest BCUT2D eigenvalue weighted by Crippen LogP contribution is 2.37. The Kier molecular flexibility index (Phi) is 6.39.